The minimum Gasteiger partial charge on any atom is -0.497 e. The van der Waals surface area contributed by atoms with Crippen LogP contribution in [0.4, 0.5) is 22.7 Å². The molecule has 6 nitrogen and oxygen atoms in total. The van der Waals surface area contributed by atoms with Crippen LogP contribution in [-0.2, 0) is 0 Å². The normalized spacial score (nSPS) is 10.1. The van der Waals surface area contributed by atoms with Crippen LogP contribution in [0.3, 0.4) is 0 Å². The number of hydrogen-bond acceptors (Lipinski definition) is 5. The monoisotopic (exact) mass is 273 g/mol. The van der Waals surface area contributed by atoms with E-state index >= 15 is 0 Å². The first-order chi connectivity index (χ1) is 9.52. The van der Waals surface area contributed by atoms with Gasteiger partial charge in [0.15, 0.2) is 0 Å². The Balaban J connectivity index is 2.30. The highest BCUT2D eigenvalue weighted by Gasteiger charge is 2.13. The highest BCUT2D eigenvalue weighted by Crippen LogP contribution is 2.30. The van der Waals surface area contributed by atoms with Crippen molar-refractivity contribution in [2.45, 2.75) is 0 Å². The van der Waals surface area contributed by atoms with Gasteiger partial charge in [0.05, 0.1) is 12.0 Å². The summed E-state index contributed by atoms with van der Waals surface area (Å²) in [6.45, 7) is 0. The lowest BCUT2D eigenvalue weighted by Gasteiger charge is -2.20. The average molecular weight is 273 g/mol. The Bertz CT molecular complexity index is 626. The van der Waals surface area contributed by atoms with Crippen molar-refractivity contribution in [3.63, 3.8) is 0 Å². The number of nitrogen functional groups attached to an aromatic ring is 1. The van der Waals surface area contributed by atoms with Gasteiger partial charge in [0.2, 0.25) is 0 Å². The van der Waals surface area contributed by atoms with Crippen LogP contribution in [0.25, 0.3) is 0 Å². The molecule has 0 spiro atoms. The standard InChI is InChI=1S/C14H15N3O3/c1-16(10-3-6-12(20-2)7-4-10)11-5-8-14(17(18)19)13(15)9-11/h3-9H,15H2,1-2H3. The molecule has 0 aliphatic heterocycles. The number of nitrogens with two attached hydrogens (primary N) is 1. The van der Waals surface area contributed by atoms with Gasteiger partial charge < -0.3 is 15.4 Å². The summed E-state index contributed by atoms with van der Waals surface area (Å²) in [6.07, 6.45) is 0. The first kappa shape index (κ1) is 13.7. The zero-order valence-electron chi connectivity index (χ0n) is 11.2. The molecular weight excluding hydrogens is 258 g/mol. The zero-order chi connectivity index (χ0) is 14.7. The van der Waals surface area contributed by atoms with Crippen molar-refractivity contribution in [3.05, 3.63) is 52.6 Å². The largest absolute Gasteiger partial charge is 0.497 e. The number of nitro benzene ring substituents is 1. The average Bonchev–Trinajstić information content (AvgIpc) is 2.46. The fourth-order valence-electron chi connectivity index (χ4n) is 1.87. The van der Waals surface area contributed by atoms with Gasteiger partial charge >= 0.3 is 0 Å². The molecule has 0 saturated carbocycles. The van der Waals surface area contributed by atoms with Gasteiger partial charge in [0, 0.05) is 24.5 Å². The number of ether oxygens (including phenoxy) is 1. The predicted octanol–water partition coefficient (Wildman–Crippen LogP) is 2.95. The Morgan fingerprint density at radius 3 is 2.25 bits per heavy atom. The molecule has 0 amide bonds. The van der Waals surface area contributed by atoms with Crippen molar-refractivity contribution >= 4 is 22.7 Å². The predicted molar refractivity (Wildman–Crippen MR) is 78.6 cm³/mol. The van der Waals surface area contributed by atoms with Crippen LogP contribution in [0.2, 0.25) is 0 Å². The van der Waals surface area contributed by atoms with Crippen LogP contribution in [0.1, 0.15) is 0 Å². The molecule has 0 saturated heterocycles. The Morgan fingerprint density at radius 2 is 1.75 bits per heavy atom. The van der Waals surface area contributed by atoms with E-state index < -0.39 is 4.92 Å². The lowest BCUT2D eigenvalue weighted by atomic mass is 10.2. The Labute approximate surface area is 116 Å². The number of methoxy groups -OCH3 is 1. The summed E-state index contributed by atoms with van der Waals surface area (Å²) in [4.78, 5) is 12.1. The van der Waals surface area contributed by atoms with Crippen molar-refractivity contribution in [3.8, 4) is 5.75 Å². The topological polar surface area (TPSA) is 81.6 Å². The van der Waals surface area contributed by atoms with Crippen LogP contribution >= 0.6 is 0 Å². The van der Waals surface area contributed by atoms with Crippen LogP contribution in [0.15, 0.2) is 42.5 Å². The van der Waals surface area contributed by atoms with E-state index in [4.69, 9.17) is 10.5 Å². The van der Waals surface area contributed by atoms with Gasteiger partial charge in [0.1, 0.15) is 11.4 Å². The quantitative estimate of drug-likeness (QED) is 0.526. The summed E-state index contributed by atoms with van der Waals surface area (Å²) in [5, 5.41) is 10.7. The third-order valence-corrected chi connectivity index (χ3v) is 3.05. The van der Waals surface area contributed by atoms with E-state index in [1.54, 1.807) is 19.2 Å². The summed E-state index contributed by atoms with van der Waals surface area (Å²) < 4.78 is 5.10. The van der Waals surface area contributed by atoms with Gasteiger partial charge in [-0.15, -0.1) is 0 Å². The molecule has 0 aliphatic rings. The zero-order valence-corrected chi connectivity index (χ0v) is 11.2. The highest BCUT2D eigenvalue weighted by molar-refractivity contribution is 5.71. The molecule has 2 N–H and O–H groups in total. The molecule has 2 aromatic rings. The second kappa shape index (κ2) is 5.48. The molecule has 0 unspecified atom stereocenters. The van der Waals surface area contributed by atoms with Gasteiger partial charge in [-0.05, 0) is 36.4 Å². The summed E-state index contributed by atoms with van der Waals surface area (Å²) in [5.41, 5.74) is 7.46. The molecule has 6 heteroatoms. The number of nitrogens with zero attached hydrogens (tertiary/aromatic N) is 2. The lowest BCUT2D eigenvalue weighted by molar-refractivity contribution is -0.383. The van der Waals surface area contributed by atoms with Crippen molar-refractivity contribution in [2.75, 3.05) is 24.8 Å². The van der Waals surface area contributed by atoms with Gasteiger partial charge in [0.25, 0.3) is 5.69 Å². The molecule has 0 radical (unpaired) electrons. The fraction of sp³-hybridized carbons (Fsp3) is 0.143. The minimum atomic E-state index is -0.494. The highest BCUT2D eigenvalue weighted by atomic mass is 16.6. The molecule has 0 heterocycles. The van der Waals surface area contributed by atoms with E-state index in [0.717, 1.165) is 17.1 Å². The molecule has 0 aliphatic carbocycles. The van der Waals surface area contributed by atoms with E-state index in [-0.39, 0.29) is 11.4 Å². The van der Waals surface area contributed by atoms with Crippen LogP contribution in [0.5, 0.6) is 5.75 Å². The smallest absolute Gasteiger partial charge is 0.292 e. The first-order valence-electron chi connectivity index (χ1n) is 5.94. The van der Waals surface area contributed by atoms with Crippen molar-refractivity contribution in [1.82, 2.24) is 0 Å². The van der Waals surface area contributed by atoms with Gasteiger partial charge in [-0.25, -0.2) is 0 Å². The fourth-order valence-corrected chi connectivity index (χ4v) is 1.87. The Hall–Kier alpha value is -2.76. The SMILES string of the molecule is COc1ccc(N(C)c2ccc([N+](=O)[O-])c(N)c2)cc1. The van der Waals surface area contributed by atoms with Crippen molar-refractivity contribution in [1.29, 1.82) is 0 Å². The minimum absolute atomic E-state index is 0.0862. The molecule has 20 heavy (non-hydrogen) atoms. The third-order valence-electron chi connectivity index (χ3n) is 3.05. The Kier molecular flexibility index (Phi) is 3.74. The summed E-state index contributed by atoms with van der Waals surface area (Å²) >= 11 is 0. The Morgan fingerprint density at radius 1 is 1.15 bits per heavy atom. The van der Waals surface area contributed by atoms with Crippen molar-refractivity contribution in [2.24, 2.45) is 0 Å². The van der Waals surface area contributed by atoms with Gasteiger partial charge in [-0.3, -0.25) is 10.1 Å². The molecule has 0 atom stereocenters. The lowest BCUT2D eigenvalue weighted by Crippen LogP contribution is -2.10. The van der Waals surface area contributed by atoms with Crippen LogP contribution < -0.4 is 15.4 Å². The number of rotatable bonds is 4. The second-order valence-electron chi connectivity index (χ2n) is 4.26. The maximum atomic E-state index is 10.7. The summed E-state index contributed by atoms with van der Waals surface area (Å²) in [7, 11) is 3.47. The van der Waals surface area contributed by atoms with E-state index in [9.17, 15) is 10.1 Å². The van der Waals surface area contributed by atoms with E-state index in [2.05, 4.69) is 0 Å². The number of benzene rings is 2. The van der Waals surface area contributed by atoms with Crippen LogP contribution in [-0.4, -0.2) is 19.1 Å². The van der Waals surface area contributed by atoms with Gasteiger partial charge in [-0.2, -0.15) is 0 Å². The number of hydrogen-bond donors (Lipinski definition) is 1. The molecule has 2 aromatic carbocycles. The summed E-state index contributed by atoms with van der Waals surface area (Å²) in [6, 6.07) is 12.2. The van der Waals surface area contributed by atoms with E-state index in [1.165, 1.54) is 6.07 Å². The molecule has 0 fully saturated rings. The molecular formula is C14H15N3O3. The molecule has 0 bridgehead atoms. The number of nitro groups is 1. The van der Waals surface area contributed by atoms with Gasteiger partial charge in [-0.1, -0.05) is 0 Å². The number of anilines is 3. The third kappa shape index (κ3) is 2.64. The second-order valence-corrected chi connectivity index (χ2v) is 4.26. The molecule has 104 valence electrons. The molecule has 0 aromatic heterocycles. The maximum absolute atomic E-state index is 10.7. The van der Waals surface area contributed by atoms with E-state index in [1.807, 2.05) is 36.2 Å². The molecule has 2 rings (SSSR count). The maximum Gasteiger partial charge on any atom is 0.292 e. The summed E-state index contributed by atoms with van der Waals surface area (Å²) in [5.74, 6) is 0.769. The van der Waals surface area contributed by atoms with Crippen molar-refractivity contribution < 1.29 is 9.66 Å². The first-order valence-corrected chi connectivity index (χ1v) is 5.94. The van der Waals surface area contributed by atoms with E-state index in [0.29, 0.717) is 0 Å². The van der Waals surface area contributed by atoms with Crippen LogP contribution in [0, 0.1) is 10.1 Å².